The van der Waals surface area contributed by atoms with Gasteiger partial charge in [0.15, 0.2) is 0 Å². The molecule has 0 bridgehead atoms. The van der Waals surface area contributed by atoms with Gasteiger partial charge in [0.25, 0.3) is 0 Å². The number of carbonyl (C=O) groups is 1. The minimum atomic E-state index is 0.0549. The zero-order valence-electron chi connectivity index (χ0n) is 13.2. The predicted octanol–water partition coefficient (Wildman–Crippen LogP) is 1.85. The molecule has 1 N–H and O–H groups in total. The lowest BCUT2D eigenvalue weighted by Gasteiger charge is -2.39. The largest absolute Gasteiger partial charge is 0.341 e. The van der Waals surface area contributed by atoms with E-state index in [0.29, 0.717) is 11.9 Å². The quantitative estimate of drug-likeness (QED) is 0.835. The summed E-state index contributed by atoms with van der Waals surface area (Å²) in [7, 11) is 0. The third-order valence-corrected chi connectivity index (χ3v) is 4.71. The average molecular weight is 281 g/mol. The molecule has 2 rings (SSSR count). The van der Waals surface area contributed by atoms with Gasteiger partial charge in [0.05, 0.1) is 6.04 Å². The smallest absolute Gasteiger partial charge is 0.239 e. The third kappa shape index (κ3) is 4.19. The molecule has 2 aliphatic heterocycles. The molecule has 4 heteroatoms. The highest BCUT2D eigenvalue weighted by Crippen LogP contribution is 2.17. The maximum atomic E-state index is 12.6. The standard InChI is InChI=1S/C16H31N3O/c1-3-9-17-15-8-7-12-19(13-15)14(2)16(20)18-10-5-4-6-11-18/h14-15,17H,3-13H2,1-2H3. The minimum absolute atomic E-state index is 0.0549. The number of nitrogens with one attached hydrogen (secondary N) is 1. The Bertz CT molecular complexity index is 302. The summed E-state index contributed by atoms with van der Waals surface area (Å²) in [5.74, 6) is 0.348. The van der Waals surface area contributed by atoms with Crippen LogP contribution in [0.15, 0.2) is 0 Å². The van der Waals surface area contributed by atoms with E-state index in [0.717, 1.165) is 32.7 Å². The highest BCUT2D eigenvalue weighted by molar-refractivity contribution is 5.81. The zero-order chi connectivity index (χ0) is 14.4. The second-order valence-corrected chi connectivity index (χ2v) is 6.35. The molecule has 2 heterocycles. The van der Waals surface area contributed by atoms with E-state index in [1.165, 1.54) is 38.5 Å². The third-order valence-electron chi connectivity index (χ3n) is 4.71. The number of amides is 1. The normalized spacial score (nSPS) is 26.5. The summed E-state index contributed by atoms with van der Waals surface area (Å²) in [4.78, 5) is 17.0. The van der Waals surface area contributed by atoms with Gasteiger partial charge in [0.2, 0.25) is 5.91 Å². The van der Waals surface area contributed by atoms with Crippen molar-refractivity contribution >= 4 is 5.91 Å². The number of hydrogen-bond donors (Lipinski definition) is 1. The number of piperidine rings is 2. The van der Waals surface area contributed by atoms with Gasteiger partial charge in [0, 0.05) is 25.7 Å². The van der Waals surface area contributed by atoms with E-state index < -0.39 is 0 Å². The summed E-state index contributed by atoms with van der Waals surface area (Å²) in [5.41, 5.74) is 0. The molecule has 0 spiro atoms. The monoisotopic (exact) mass is 281 g/mol. The van der Waals surface area contributed by atoms with Crippen LogP contribution in [0.2, 0.25) is 0 Å². The molecule has 1 amide bonds. The topological polar surface area (TPSA) is 35.6 Å². The lowest BCUT2D eigenvalue weighted by molar-refractivity contribution is -0.137. The van der Waals surface area contributed by atoms with E-state index in [1.807, 2.05) is 0 Å². The second-order valence-electron chi connectivity index (χ2n) is 6.35. The highest BCUT2D eigenvalue weighted by Gasteiger charge is 2.30. The minimum Gasteiger partial charge on any atom is -0.341 e. The Morgan fingerprint density at radius 2 is 1.95 bits per heavy atom. The zero-order valence-corrected chi connectivity index (χ0v) is 13.2. The van der Waals surface area contributed by atoms with E-state index in [-0.39, 0.29) is 6.04 Å². The molecule has 116 valence electrons. The summed E-state index contributed by atoms with van der Waals surface area (Å²) in [6, 6.07) is 0.625. The lowest BCUT2D eigenvalue weighted by Crippen LogP contribution is -2.54. The van der Waals surface area contributed by atoms with Gasteiger partial charge in [-0.15, -0.1) is 0 Å². The molecule has 0 radical (unpaired) electrons. The highest BCUT2D eigenvalue weighted by atomic mass is 16.2. The molecule has 2 atom stereocenters. The van der Waals surface area contributed by atoms with Crippen LogP contribution in [-0.2, 0) is 4.79 Å². The Balaban J connectivity index is 1.83. The van der Waals surface area contributed by atoms with E-state index in [2.05, 4.69) is 29.0 Å². The van der Waals surface area contributed by atoms with E-state index >= 15 is 0 Å². The fourth-order valence-corrected chi connectivity index (χ4v) is 3.41. The Morgan fingerprint density at radius 1 is 1.20 bits per heavy atom. The summed E-state index contributed by atoms with van der Waals surface area (Å²) < 4.78 is 0. The number of nitrogens with zero attached hydrogens (tertiary/aromatic N) is 2. The van der Waals surface area contributed by atoms with Crippen LogP contribution < -0.4 is 5.32 Å². The van der Waals surface area contributed by atoms with Gasteiger partial charge >= 0.3 is 0 Å². The van der Waals surface area contributed by atoms with Crippen molar-refractivity contribution < 1.29 is 4.79 Å². The van der Waals surface area contributed by atoms with Gasteiger partial charge in [-0.1, -0.05) is 6.92 Å². The summed E-state index contributed by atoms with van der Waals surface area (Å²) in [6.45, 7) is 9.43. The molecule has 2 fully saturated rings. The van der Waals surface area contributed by atoms with Crippen molar-refractivity contribution in [2.75, 3.05) is 32.7 Å². The predicted molar refractivity (Wildman–Crippen MR) is 82.8 cm³/mol. The van der Waals surface area contributed by atoms with Crippen LogP contribution in [0.25, 0.3) is 0 Å². The van der Waals surface area contributed by atoms with Crippen LogP contribution in [0.3, 0.4) is 0 Å². The number of rotatable bonds is 5. The van der Waals surface area contributed by atoms with Gasteiger partial charge in [-0.05, 0) is 58.5 Å². The first-order valence-corrected chi connectivity index (χ1v) is 8.48. The van der Waals surface area contributed by atoms with Crippen LogP contribution in [-0.4, -0.2) is 60.5 Å². The average Bonchev–Trinajstić information content (AvgIpc) is 2.52. The lowest BCUT2D eigenvalue weighted by atomic mass is 10.0. The molecule has 2 aliphatic rings. The maximum Gasteiger partial charge on any atom is 0.239 e. The van der Waals surface area contributed by atoms with Crippen LogP contribution in [0, 0.1) is 0 Å². The molecule has 4 nitrogen and oxygen atoms in total. The molecule has 2 saturated heterocycles. The van der Waals surface area contributed by atoms with E-state index in [4.69, 9.17) is 0 Å². The first-order chi connectivity index (χ1) is 9.72. The molecule has 2 unspecified atom stereocenters. The first kappa shape index (κ1) is 15.8. The molecular formula is C16H31N3O. The molecule has 20 heavy (non-hydrogen) atoms. The number of likely N-dealkylation sites (tertiary alicyclic amines) is 2. The van der Waals surface area contributed by atoms with Crippen molar-refractivity contribution in [3.63, 3.8) is 0 Å². The van der Waals surface area contributed by atoms with E-state index in [1.54, 1.807) is 0 Å². The summed E-state index contributed by atoms with van der Waals surface area (Å²) in [6.07, 6.45) is 7.28. The van der Waals surface area contributed by atoms with Gasteiger partial charge in [0.1, 0.15) is 0 Å². The Morgan fingerprint density at radius 3 is 2.65 bits per heavy atom. The van der Waals surface area contributed by atoms with Crippen molar-refractivity contribution in [1.29, 1.82) is 0 Å². The fraction of sp³-hybridized carbons (Fsp3) is 0.938. The van der Waals surface area contributed by atoms with Gasteiger partial charge in [-0.25, -0.2) is 0 Å². The summed E-state index contributed by atoms with van der Waals surface area (Å²) in [5, 5.41) is 3.61. The van der Waals surface area contributed by atoms with Crippen molar-refractivity contribution in [2.24, 2.45) is 0 Å². The van der Waals surface area contributed by atoms with Crippen molar-refractivity contribution in [1.82, 2.24) is 15.1 Å². The Kier molecular flexibility index (Phi) is 6.30. The molecule has 0 aromatic rings. The SMILES string of the molecule is CCCNC1CCCN(C(C)C(=O)N2CCCCC2)C1. The Hall–Kier alpha value is -0.610. The van der Waals surface area contributed by atoms with Crippen molar-refractivity contribution in [3.8, 4) is 0 Å². The van der Waals surface area contributed by atoms with Crippen molar-refractivity contribution in [3.05, 3.63) is 0 Å². The number of carbonyl (C=O) groups excluding carboxylic acids is 1. The van der Waals surface area contributed by atoms with Crippen molar-refractivity contribution in [2.45, 2.75) is 64.5 Å². The maximum absolute atomic E-state index is 12.6. The van der Waals surface area contributed by atoms with Crippen LogP contribution in [0.1, 0.15) is 52.4 Å². The second kappa shape index (κ2) is 7.99. The molecular weight excluding hydrogens is 250 g/mol. The van der Waals surface area contributed by atoms with E-state index in [9.17, 15) is 4.79 Å². The fourth-order valence-electron chi connectivity index (χ4n) is 3.41. The van der Waals surface area contributed by atoms with Gasteiger partial charge in [-0.3, -0.25) is 9.69 Å². The summed E-state index contributed by atoms with van der Waals surface area (Å²) >= 11 is 0. The molecule has 0 aliphatic carbocycles. The molecule has 0 saturated carbocycles. The van der Waals surface area contributed by atoms with Gasteiger partial charge < -0.3 is 10.2 Å². The van der Waals surface area contributed by atoms with Crippen LogP contribution in [0.5, 0.6) is 0 Å². The molecule has 0 aromatic carbocycles. The van der Waals surface area contributed by atoms with Crippen LogP contribution >= 0.6 is 0 Å². The first-order valence-electron chi connectivity index (χ1n) is 8.48. The van der Waals surface area contributed by atoms with Gasteiger partial charge in [-0.2, -0.15) is 0 Å². The number of hydrogen-bond acceptors (Lipinski definition) is 3. The Labute approximate surface area is 123 Å². The van der Waals surface area contributed by atoms with Crippen LogP contribution in [0.4, 0.5) is 0 Å². The molecule has 0 aromatic heterocycles.